The normalized spacial score (nSPS) is 19.9. The van der Waals surface area contributed by atoms with Crippen LogP contribution < -0.4 is 10.5 Å². The van der Waals surface area contributed by atoms with E-state index in [4.69, 9.17) is 10.5 Å². The van der Waals surface area contributed by atoms with E-state index in [0.717, 1.165) is 25.8 Å². The first-order valence-electron chi connectivity index (χ1n) is 6.40. The van der Waals surface area contributed by atoms with Gasteiger partial charge in [0.2, 0.25) is 0 Å². The highest BCUT2D eigenvalue weighted by Crippen LogP contribution is 2.29. The number of hydrogen-bond donors (Lipinski definition) is 1. The molecule has 1 amide bonds. The second-order valence-corrected chi connectivity index (χ2v) is 5.46. The molecule has 0 spiro atoms. The zero-order valence-electron chi connectivity index (χ0n) is 10.7. The van der Waals surface area contributed by atoms with Gasteiger partial charge in [-0.2, -0.15) is 0 Å². The van der Waals surface area contributed by atoms with Crippen LogP contribution in [0.1, 0.15) is 35.4 Å². The molecule has 0 radical (unpaired) electrons. The zero-order valence-corrected chi connectivity index (χ0v) is 11.5. The maximum Gasteiger partial charge on any atom is 0.267 e. The lowest BCUT2D eigenvalue weighted by atomic mass is 9.99. The molecule has 4 nitrogen and oxygen atoms in total. The summed E-state index contributed by atoms with van der Waals surface area (Å²) in [5.41, 5.74) is 5.64. The largest absolute Gasteiger partial charge is 0.495 e. The minimum absolute atomic E-state index is 0.0972. The second kappa shape index (κ2) is 6.20. The SMILES string of the molecule is COc1ccsc1C(=O)N1CCCCC1CCN. The summed E-state index contributed by atoms with van der Waals surface area (Å²) in [5.74, 6) is 0.780. The minimum atomic E-state index is 0.0972. The molecule has 2 N–H and O–H groups in total. The van der Waals surface area contributed by atoms with Crippen LogP contribution >= 0.6 is 11.3 Å². The van der Waals surface area contributed by atoms with Gasteiger partial charge in [-0.25, -0.2) is 0 Å². The van der Waals surface area contributed by atoms with Crippen LogP contribution in [0.25, 0.3) is 0 Å². The number of likely N-dealkylation sites (tertiary alicyclic amines) is 1. The highest BCUT2D eigenvalue weighted by Gasteiger charge is 2.29. The summed E-state index contributed by atoms with van der Waals surface area (Å²) >= 11 is 1.45. The van der Waals surface area contributed by atoms with Crippen molar-refractivity contribution in [3.63, 3.8) is 0 Å². The molecule has 0 aliphatic carbocycles. The van der Waals surface area contributed by atoms with Gasteiger partial charge in [0.15, 0.2) is 0 Å². The Morgan fingerprint density at radius 1 is 1.61 bits per heavy atom. The Hall–Kier alpha value is -1.07. The third-order valence-corrected chi connectivity index (χ3v) is 4.31. The molecule has 18 heavy (non-hydrogen) atoms. The summed E-state index contributed by atoms with van der Waals surface area (Å²) < 4.78 is 5.23. The van der Waals surface area contributed by atoms with E-state index in [-0.39, 0.29) is 5.91 Å². The monoisotopic (exact) mass is 268 g/mol. The molecule has 100 valence electrons. The van der Waals surface area contributed by atoms with Gasteiger partial charge in [-0.1, -0.05) is 0 Å². The van der Waals surface area contributed by atoms with Gasteiger partial charge in [-0.3, -0.25) is 4.79 Å². The smallest absolute Gasteiger partial charge is 0.267 e. The van der Waals surface area contributed by atoms with Crippen LogP contribution in [0.15, 0.2) is 11.4 Å². The van der Waals surface area contributed by atoms with Crippen molar-refractivity contribution in [1.29, 1.82) is 0 Å². The van der Waals surface area contributed by atoms with Crippen molar-refractivity contribution in [3.05, 3.63) is 16.3 Å². The Balaban J connectivity index is 2.15. The van der Waals surface area contributed by atoms with E-state index in [0.29, 0.717) is 23.2 Å². The van der Waals surface area contributed by atoms with Gasteiger partial charge in [0.25, 0.3) is 5.91 Å². The highest BCUT2D eigenvalue weighted by atomic mass is 32.1. The maximum absolute atomic E-state index is 12.5. The predicted molar refractivity (Wildman–Crippen MR) is 73.2 cm³/mol. The Morgan fingerprint density at radius 3 is 3.17 bits per heavy atom. The highest BCUT2D eigenvalue weighted by molar-refractivity contribution is 7.12. The molecule has 1 saturated heterocycles. The first-order valence-corrected chi connectivity index (χ1v) is 7.28. The van der Waals surface area contributed by atoms with Crippen LogP contribution in [0, 0.1) is 0 Å². The van der Waals surface area contributed by atoms with Crippen molar-refractivity contribution in [3.8, 4) is 5.75 Å². The average Bonchev–Trinajstić information content (AvgIpc) is 2.87. The molecule has 1 atom stereocenters. The van der Waals surface area contributed by atoms with Crippen molar-refractivity contribution in [2.75, 3.05) is 20.2 Å². The molecule has 5 heteroatoms. The van der Waals surface area contributed by atoms with Crippen molar-refractivity contribution in [2.24, 2.45) is 5.73 Å². The number of carbonyl (C=O) groups excluding carboxylic acids is 1. The maximum atomic E-state index is 12.5. The molecule has 2 rings (SSSR count). The number of methoxy groups -OCH3 is 1. The van der Waals surface area contributed by atoms with E-state index in [1.54, 1.807) is 7.11 Å². The van der Waals surface area contributed by atoms with Crippen LogP contribution in [0.3, 0.4) is 0 Å². The third kappa shape index (κ3) is 2.67. The fourth-order valence-electron chi connectivity index (χ4n) is 2.51. The zero-order chi connectivity index (χ0) is 13.0. The molecule has 0 aromatic carbocycles. The van der Waals surface area contributed by atoms with Crippen LogP contribution in [0.5, 0.6) is 5.75 Å². The molecule has 1 aliphatic rings. The van der Waals surface area contributed by atoms with E-state index in [2.05, 4.69) is 0 Å². The molecule has 1 aromatic heterocycles. The summed E-state index contributed by atoms with van der Waals surface area (Å²) in [6.07, 6.45) is 4.23. The number of carbonyl (C=O) groups is 1. The van der Waals surface area contributed by atoms with Crippen LogP contribution in [0.4, 0.5) is 0 Å². The van der Waals surface area contributed by atoms with E-state index in [9.17, 15) is 4.79 Å². The topological polar surface area (TPSA) is 55.6 Å². The number of piperidine rings is 1. The van der Waals surface area contributed by atoms with Gasteiger partial charge in [0, 0.05) is 12.6 Å². The van der Waals surface area contributed by atoms with Crippen molar-refractivity contribution in [2.45, 2.75) is 31.7 Å². The van der Waals surface area contributed by atoms with Crippen molar-refractivity contribution in [1.82, 2.24) is 4.90 Å². The Bertz CT molecular complexity index is 403. The lowest BCUT2D eigenvalue weighted by molar-refractivity contribution is 0.0607. The van der Waals surface area contributed by atoms with Gasteiger partial charge < -0.3 is 15.4 Å². The number of thiophene rings is 1. The number of nitrogens with two attached hydrogens (primary N) is 1. The van der Waals surface area contributed by atoms with Crippen LogP contribution in [0.2, 0.25) is 0 Å². The third-order valence-electron chi connectivity index (χ3n) is 3.43. The number of hydrogen-bond acceptors (Lipinski definition) is 4. The lowest BCUT2D eigenvalue weighted by Crippen LogP contribution is -2.44. The Labute approximate surface area is 112 Å². The molecule has 1 unspecified atom stereocenters. The van der Waals surface area contributed by atoms with Crippen molar-refractivity contribution < 1.29 is 9.53 Å². The minimum Gasteiger partial charge on any atom is -0.495 e. The fraction of sp³-hybridized carbons (Fsp3) is 0.615. The molecule has 1 aromatic rings. The molecule has 1 fully saturated rings. The summed E-state index contributed by atoms with van der Waals surface area (Å²) in [4.78, 5) is 15.2. The molecule has 0 bridgehead atoms. The quantitative estimate of drug-likeness (QED) is 0.910. The van der Waals surface area contributed by atoms with E-state index in [1.807, 2.05) is 16.3 Å². The van der Waals surface area contributed by atoms with Crippen molar-refractivity contribution >= 4 is 17.2 Å². The van der Waals surface area contributed by atoms with Crippen LogP contribution in [-0.2, 0) is 0 Å². The first-order chi connectivity index (χ1) is 8.77. The van der Waals surface area contributed by atoms with E-state index in [1.165, 1.54) is 17.8 Å². The van der Waals surface area contributed by atoms with Gasteiger partial charge in [-0.15, -0.1) is 11.3 Å². The molecule has 1 aliphatic heterocycles. The molecular formula is C13H20N2O2S. The van der Waals surface area contributed by atoms with Gasteiger partial charge in [0.1, 0.15) is 10.6 Å². The van der Waals surface area contributed by atoms with Gasteiger partial charge in [-0.05, 0) is 43.7 Å². The van der Waals surface area contributed by atoms with Gasteiger partial charge in [0.05, 0.1) is 7.11 Å². The predicted octanol–water partition coefficient (Wildman–Crippen LogP) is 2.10. The van der Waals surface area contributed by atoms with Gasteiger partial charge >= 0.3 is 0 Å². The summed E-state index contributed by atoms with van der Waals surface area (Å²) in [6.45, 7) is 1.47. The van der Waals surface area contributed by atoms with Crippen LogP contribution in [-0.4, -0.2) is 37.0 Å². The molecular weight excluding hydrogens is 248 g/mol. The lowest BCUT2D eigenvalue weighted by Gasteiger charge is -2.35. The number of ether oxygens (including phenoxy) is 1. The summed E-state index contributed by atoms with van der Waals surface area (Å²) in [5, 5.41) is 1.90. The standard InChI is InChI=1S/C13H20N2O2S/c1-17-11-6-9-18-12(11)13(16)15-8-3-2-4-10(15)5-7-14/h6,9-10H,2-5,7-8,14H2,1H3. The van der Waals surface area contributed by atoms with E-state index >= 15 is 0 Å². The Morgan fingerprint density at radius 2 is 2.44 bits per heavy atom. The average molecular weight is 268 g/mol. The second-order valence-electron chi connectivity index (χ2n) is 4.54. The fourth-order valence-corrected chi connectivity index (χ4v) is 3.32. The van der Waals surface area contributed by atoms with E-state index < -0.39 is 0 Å². The molecule has 2 heterocycles. The molecule has 0 saturated carbocycles. The first kappa shape index (κ1) is 13.4. The number of amides is 1. The summed E-state index contributed by atoms with van der Waals surface area (Å²) in [7, 11) is 1.60. The Kier molecular flexibility index (Phi) is 4.60. The number of rotatable bonds is 4. The number of nitrogens with zero attached hydrogens (tertiary/aromatic N) is 1. The summed E-state index contributed by atoms with van der Waals surface area (Å²) in [6, 6.07) is 2.14.